The van der Waals surface area contributed by atoms with Crippen LogP contribution in [0, 0.1) is 21.7 Å². The standard InChI is InChI=1S/C12H6ClF2NO3/c13-8-5-4-7(6-10(8)15)19-11-3-1-2-9(14)12(11)16(17)18/h1-6H. The van der Waals surface area contributed by atoms with Gasteiger partial charge in [0.2, 0.25) is 11.6 Å². The Kier molecular flexibility index (Phi) is 3.62. The maximum absolute atomic E-state index is 13.3. The minimum absolute atomic E-state index is 0.0180. The van der Waals surface area contributed by atoms with E-state index in [4.69, 9.17) is 16.3 Å². The van der Waals surface area contributed by atoms with Crippen molar-refractivity contribution in [2.75, 3.05) is 0 Å². The Morgan fingerprint density at radius 3 is 2.53 bits per heavy atom. The Morgan fingerprint density at radius 2 is 1.89 bits per heavy atom. The number of hydrogen-bond donors (Lipinski definition) is 0. The Bertz CT molecular complexity index is 649. The average molecular weight is 286 g/mol. The van der Waals surface area contributed by atoms with Crippen LogP contribution in [0.25, 0.3) is 0 Å². The van der Waals surface area contributed by atoms with E-state index in [0.29, 0.717) is 0 Å². The smallest absolute Gasteiger partial charge is 0.346 e. The van der Waals surface area contributed by atoms with Gasteiger partial charge in [-0.15, -0.1) is 0 Å². The number of benzene rings is 2. The first-order valence-corrected chi connectivity index (χ1v) is 5.42. The van der Waals surface area contributed by atoms with Gasteiger partial charge >= 0.3 is 5.69 Å². The summed E-state index contributed by atoms with van der Waals surface area (Å²) in [5.74, 6) is -2.10. The second-order valence-electron chi connectivity index (χ2n) is 3.52. The van der Waals surface area contributed by atoms with Crippen LogP contribution in [0.15, 0.2) is 36.4 Å². The molecule has 0 aliphatic heterocycles. The molecule has 0 aliphatic carbocycles. The topological polar surface area (TPSA) is 52.4 Å². The van der Waals surface area contributed by atoms with Gasteiger partial charge in [0.05, 0.1) is 9.95 Å². The molecule has 2 rings (SSSR count). The van der Waals surface area contributed by atoms with Gasteiger partial charge in [0, 0.05) is 6.07 Å². The van der Waals surface area contributed by atoms with E-state index < -0.39 is 22.2 Å². The molecule has 0 saturated carbocycles. The summed E-state index contributed by atoms with van der Waals surface area (Å²) < 4.78 is 31.6. The van der Waals surface area contributed by atoms with Crippen molar-refractivity contribution in [1.82, 2.24) is 0 Å². The summed E-state index contributed by atoms with van der Waals surface area (Å²) >= 11 is 5.49. The van der Waals surface area contributed by atoms with Crippen molar-refractivity contribution in [3.8, 4) is 11.5 Å². The van der Waals surface area contributed by atoms with Crippen molar-refractivity contribution in [3.05, 3.63) is 63.2 Å². The largest absolute Gasteiger partial charge is 0.450 e. The van der Waals surface area contributed by atoms with Gasteiger partial charge in [0.25, 0.3) is 0 Å². The monoisotopic (exact) mass is 285 g/mol. The summed E-state index contributed by atoms with van der Waals surface area (Å²) in [5, 5.41) is 10.6. The quantitative estimate of drug-likeness (QED) is 0.623. The van der Waals surface area contributed by atoms with Crippen molar-refractivity contribution in [3.63, 3.8) is 0 Å². The summed E-state index contributed by atoms with van der Waals surface area (Å²) in [4.78, 5) is 9.84. The second kappa shape index (κ2) is 5.19. The highest BCUT2D eigenvalue weighted by atomic mass is 35.5. The minimum atomic E-state index is -1.03. The first kappa shape index (κ1) is 13.2. The highest BCUT2D eigenvalue weighted by Crippen LogP contribution is 2.34. The molecule has 7 heteroatoms. The van der Waals surface area contributed by atoms with Gasteiger partial charge in [0.1, 0.15) is 11.6 Å². The van der Waals surface area contributed by atoms with E-state index in [-0.39, 0.29) is 16.5 Å². The number of nitro benzene ring substituents is 1. The lowest BCUT2D eigenvalue weighted by atomic mass is 10.2. The molecule has 0 amide bonds. The van der Waals surface area contributed by atoms with Crippen molar-refractivity contribution >= 4 is 17.3 Å². The van der Waals surface area contributed by atoms with E-state index in [2.05, 4.69) is 0 Å². The summed E-state index contributed by atoms with van der Waals surface area (Å²) in [7, 11) is 0. The van der Waals surface area contributed by atoms with Crippen LogP contribution >= 0.6 is 11.6 Å². The fourth-order valence-corrected chi connectivity index (χ4v) is 1.54. The number of ether oxygens (including phenoxy) is 1. The van der Waals surface area contributed by atoms with Gasteiger partial charge in [-0.2, -0.15) is 4.39 Å². The third-order valence-electron chi connectivity index (χ3n) is 2.25. The predicted molar refractivity (Wildman–Crippen MR) is 64.5 cm³/mol. The molecule has 0 radical (unpaired) electrons. The fourth-order valence-electron chi connectivity index (χ4n) is 1.42. The Labute approximate surface area is 111 Å². The SMILES string of the molecule is O=[N+]([O-])c1c(F)cccc1Oc1ccc(Cl)c(F)c1. The van der Waals surface area contributed by atoms with Crippen LogP contribution < -0.4 is 4.74 Å². The average Bonchev–Trinajstić information content (AvgIpc) is 2.33. The molecule has 0 unspecified atom stereocenters. The molecule has 0 spiro atoms. The lowest BCUT2D eigenvalue weighted by Crippen LogP contribution is -1.96. The molecule has 2 aromatic carbocycles. The number of halogens is 3. The molecule has 0 fully saturated rings. The molecule has 0 atom stereocenters. The molecule has 0 saturated heterocycles. The van der Waals surface area contributed by atoms with Crippen LogP contribution in [0.2, 0.25) is 5.02 Å². The zero-order chi connectivity index (χ0) is 14.0. The maximum atomic E-state index is 13.3. The van der Waals surface area contributed by atoms with Crippen LogP contribution in [0.1, 0.15) is 0 Å². The highest BCUT2D eigenvalue weighted by molar-refractivity contribution is 6.30. The van der Waals surface area contributed by atoms with E-state index in [9.17, 15) is 18.9 Å². The Hall–Kier alpha value is -2.21. The Morgan fingerprint density at radius 1 is 1.16 bits per heavy atom. The molecule has 0 bridgehead atoms. The third-order valence-corrected chi connectivity index (χ3v) is 2.56. The van der Waals surface area contributed by atoms with E-state index in [1.165, 1.54) is 24.3 Å². The third kappa shape index (κ3) is 2.79. The first-order valence-electron chi connectivity index (χ1n) is 5.05. The molecule has 2 aromatic rings. The van der Waals surface area contributed by atoms with Crippen molar-refractivity contribution < 1.29 is 18.4 Å². The van der Waals surface area contributed by atoms with E-state index in [1.807, 2.05) is 0 Å². The molecule has 0 heterocycles. The second-order valence-corrected chi connectivity index (χ2v) is 3.93. The molecule has 0 N–H and O–H groups in total. The van der Waals surface area contributed by atoms with Crippen molar-refractivity contribution in [1.29, 1.82) is 0 Å². The van der Waals surface area contributed by atoms with E-state index >= 15 is 0 Å². The van der Waals surface area contributed by atoms with Crippen LogP contribution in [-0.2, 0) is 0 Å². The van der Waals surface area contributed by atoms with Crippen LogP contribution in [-0.4, -0.2) is 4.92 Å². The number of para-hydroxylation sites is 1. The van der Waals surface area contributed by atoms with Gasteiger partial charge in [-0.05, 0) is 24.3 Å². The summed E-state index contributed by atoms with van der Waals surface area (Å²) in [6.07, 6.45) is 0. The van der Waals surface area contributed by atoms with Gasteiger partial charge < -0.3 is 4.74 Å². The van der Waals surface area contributed by atoms with Gasteiger partial charge in [-0.25, -0.2) is 4.39 Å². The number of nitro groups is 1. The van der Waals surface area contributed by atoms with Gasteiger partial charge in [0.15, 0.2) is 0 Å². The first-order chi connectivity index (χ1) is 8.99. The van der Waals surface area contributed by atoms with Crippen LogP contribution in [0.4, 0.5) is 14.5 Å². The maximum Gasteiger partial charge on any atom is 0.346 e. The van der Waals surface area contributed by atoms with Gasteiger partial charge in [-0.3, -0.25) is 10.1 Å². The molecular weight excluding hydrogens is 280 g/mol. The van der Waals surface area contributed by atoms with Gasteiger partial charge in [-0.1, -0.05) is 17.7 Å². The van der Waals surface area contributed by atoms with Crippen molar-refractivity contribution in [2.24, 2.45) is 0 Å². The molecule has 19 heavy (non-hydrogen) atoms. The number of nitrogens with zero attached hydrogens (tertiary/aromatic N) is 1. The summed E-state index contributed by atoms with van der Waals surface area (Å²) in [6, 6.07) is 6.92. The normalized spacial score (nSPS) is 10.3. The molecule has 4 nitrogen and oxygen atoms in total. The summed E-state index contributed by atoms with van der Waals surface area (Å²) in [6.45, 7) is 0. The lowest BCUT2D eigenvalue weighted by Gasteiger charge is -2.07. The fraction of sp³-hybridized carbons (Fsp3) is 0. The Balaban J connectivity index is 2.40. The molecule has 0 aromatic heterocycles. The predicted octanol–water partition coefficient (Wildman–Crippen LogP) is 4.32. The van der Waals surface area contributed by atoms with Crippen molar-refractivity contribution in [2.45, 2.75) is 0 Å². The summed E-state index contributed by atoms with van der Waals surface area (Å²) in [5.41, 5.74) is -0.808. The van der Waals surface area contributed by atoms with Crippen LogP contribution in [0.5, 0.6) is 11.5 Å². The number of rotatable bonds is 3. The zero-order valence-corrected chi connectivity index (χ0v) is 10.0. The lowest BCUT2D eigenvalue weighted by molar-refractivity contribution is -0.388. The van der Waals surface area contributed by atoms with Crippen LogP contribution in [0.3, 0.4) is 0 Å². The minimum Gasteiger partial charge on any atom is -0.450 e. The van der Waals surface area contributed by atoms with E-state index in [1.54, 1.807) is 0 Å². The number of hydrogen-bond acceptors (Lipinski definition) is 3. The molecule has 0 aliphatic rings. The molecular formula is C12H6ClF2NO3. The molecule has 98 valence electrons. The van der Waals surface area contributed by atoms with E-state index in [0.717, 1.165) is 12.1 Å². The zero-order valence-electron chi connectivity index (χ0n) is 9.27. The highest BCUT2D eigenvalue weighted by Gasteiger charge is 2.21.